The molecule has 1 saturated heterocycles. The zero-order valence-electron chi connectivity index (χ0n) is 18.9. The van der Waals surface area contributed by atoms with Gasteiger partial charge in [-0.1, -0.05) is 18.2 Å². The van der Waals surface area contributed by atoms with Gasteiger partial charge in [-0.2, -0.15) is 0 Å². The Labute approximate surface area is 203 Å². The normalized spacial score (nSPS) is 15.1. The monoisotopic (exact) mass is 495 g/mol. The van der Waals surface area contributed by atoms with Crippen LogP contribution in [0, 0.1) is 0 Å². The predicted octanol–water partition coefficient (Wildman–Crippen LogP) is 0.170. The van der Waals surface area contributed by atoms with Gasteiger partial charge in [-0.25, -0.2) is 0 Å². The number of methoxy groups -OCH3 is 1. The first-order chi connectivity index (χ1) is 16.4. The number of rotatable bonds is 12. The number of nitrogens with zero attached hydrogens (tertiary/aromatic N) is 1. The molecule has 0 aromatic heterocycles. The van der Waals surface area contributed by atoms with Crippen molar-refractivity contribution < 1.29 is 38.1 Å². The Morgan fingerprint density at radius 2 is 1.76 bits per heavy atom. The fraction of sp³-hybridized carbons (Fsp3) is 0.500. The Kier molecular flexibility index (Phi) is 11.8. The fourth-order valence-electron chi connectivity index (χ4n) is 2.99. The van der Waals surface area contributed by atoms with Crippen molar-refractivity contribution in [3.8, 4) is 5.75 Å². The lowest BCUT2D eigenvalue weighted by Crippen LogP contribution is -2.60. The quantitative estimate of drug-likeness (QED) is 0.235. The van der Waals surface area contributed by atoms with Crippen molar-refractivity contribution >= 4 is 41.1 Å². The van der Waals surface area contributed by atoms with E-state index < -0.39 is 29.8 Å². The van der Waals surface area contributed by atoms with Crippen LogP contribution in [0.4, 0.5) is 0 Å². The molecule has 186 valence electrons. The van der Waals surface area contributed by atoms with Crippen molar-refractivity contribution in [2.24, 2.45) is 0 Å². The number of nitrogens with one attached hydrogen (secondary N) is 2. The van der Waals surface area contributed by atoms with E-state index in [0.717, 1.165) is 0 Å². The number of benzene rings is 1. The van der Waals surface area contributed by atoms with Crippen LogP contribution in [0.5, 0.6) is 5.75 Å². The van der Waals surface area contributed by atoms with Crippen LogP contribution in [0.15, 0.2) is 30.3 Å². The van der Waals surface area contributed by atoms with E-state index in [1.807, 2.05) is 18.2 Å². The molecule has 12 heteroatoms. The Morgan fingerprint density at radius 3 is 2.50 bits per heavy atom. The second kappa shape index (κ2) is 14.8. The van der Waals surface area contributed by atoms with Crippen LogP contribution in [0.3, 0.4) is 0 Å². The summed E-state index contributed by atoms with van der Waals surface area (Å²) in [4.78, 5) is 49.9. The molecule has 1 heterocycles. The summed E-state index contributed by atoms with van der Waals surface area (Å²) in [6, 6.07) is 8.15. The lowest BCUT2D eigenvalue weighted by Gasteiger charge is -2.36. The first-order valence-corrected chi connectivity index (χ1v) is 11.2. The summed E-state index contributed by atoms with van der Waals surface area (Å²) < 4.78 is 20.3. The lowest BCUT2D eigenvalue weighted by molar-refractivity contribution is -0.148. The third-order valence-electron chi connectivity index (χ3n) is 4.66. The van der Waals surface area contributed by atoms with Crippen molar-refractivity contribution in [3.63, 3.8) is 0 Å². The Balaban J connectivity index is 1.77. The summed E-state index contributed by atoms with van der Waals surface area (Å²) in [6.07, 6.45) is -0.515. The molecule has 1 aliphatic rings. The third-order valence-corrected chi connectivity index (χ3v) is 5.00. The maximum absolute atomic E-state index is 12.4. The standard InChI is InChI=1S/C22H29N3O8S/c1-30-11-12-32-19(27)8-7-18(26)24-22(34)25-10-9-23-21(29)17(25)15-20(28)33-14-13-31-16-5-3-2-4-6-16/h2-6,17H,7-15H2,1H3,(H,23,29)(H,24,26,34). The molecule has 0 radical (unpaired) electrons. The van der Waals surface area contributed by atoms with Gasteiger partial charge in [0, 0.05) is 26.6 Å². The van der Waals surface area contributed by atoms with Gasteiger partial charge in [-0.15, -0.1) is 0 Å². The maximum atomic E-state index is 12.4. The van der Waals surface area contributed by atoms with E-state index in [1.54, 1.807) is 12.1 Å². The molecule has 2 amide bonds. The molecule has 0 spiro atoms. The first kappa shape index (κ1) is 27.0. The van der Waals surface area contributed by atoms with E-state index >= 15 is 0 Å². The van der Waals surface area contributed by atoms with Crippen LogP contribution >= 0.6 is 12.2 Å². The molecule has 1 aromatic rings. The van der Waals surface area contributed by atoms with Gasteiger partial charge in [0.25, 0.3) is 0 Å². The summed E-state index contributed by atoms with van der Waals surface area (Å²) in [5.74, 6) is -1.38. The molecule has 1 fully saturated rings. The van der Waals surface area contributed by atoms with Crippen LogP contribution in [0.2, 0.25) is 0 Å². The molecule has 0 bridgehead atoms. The summed E-state index contributed by atoms with van der Waals surface area (Å²) in [6.45, 7) is 1.16. The summed E-state index contributed by atoms with van der Waals surface area (Å²) in [5.41, 5.74) is 0. The molecule has 2 N–H and O–H groups in total. The van der Waals surface area contributed by atoms with Crippen LogP contribution in [0.25, 0.3) is 0 Å². The van der Waals surface area contributed by atoms with Crippen LogP contribution in [-0.4, -0.2) is 86.4 Å². The predicted molar refractivity (Wildman–Crippen MR) is 124 cm³/mol. The largest absolute Gasteiger partial charge is 0.490 e. The molecule has 0 aliphatic carbocycles. The average Bonchev–Trinajstić information content (AvgIpc) is 2.82. The van der Waals surface area contributed by atoms with Crippen molar-refractivity contribution in [2.75, 3.05) is 46.6 Å². The number of para-hydroxylation sites is 1. The van der Waals surface area contributed by atoms with Crippen molar-refractivity contribution in [3.05, 3.63) is 30.3 Å². The highest BCUT2D eigenvalue weighted by atomic mass is 32.1. The van der Waals surface area contributed by atoms with Crippen LogP contribution < -0.4 is 15.4 Å². The molecular formula is C22H29N3O8S. The number of hydrogen-bond donors (Lipinski definition) is 2. The molecule has 0 saturated carbocycles. The van der Waals surface area contributed by atoms with Gasteiger partial charge in [0.15, 0.2) is 5.11 Å². The summed E-state index contributed by atoms with van der Waals surface area (Å²) in [5, 5.41) is 5.17. The molecule has 2 rings (SSSR count). The van der Waals surface area contributed by atoms with E-state index in [1.165, 1.54) is 12.0 Å². The maximum Gasteiger partial charge on any atom is 0.308 e. The molecule has 34 heavy (non-hydrogen) atoms. The van der Waals surface area contributed by atoms with Crippen molar-refractivity contribution in [1.29, 1.82) is 0 Å². The SMILES string of the molecule is COCCOC(=O)CCC(=O)NC(=S)N1CCNC(=O)C1CC(=O)OCCOc1ccccc1. The smallest absolute Gasteiger partial charge is 0.308 e. The van der Waals surface area contributed by atoms with Gasteiger partial charge in [0.05, 0.1) is 19.4 Å². The van der Waals surface area contributed by atoms with Gasteiger partial charge in [-0.05, 0) is 24.4 Å². The highest BCUT2D eigenvalue weighted by Crippen LogP contribution is 2.12. The molecule has 1 atom stereocenters. The number of thiocarbonyl (C=S) groups is 1. The van der Waals surface area contributed by atoms with E-state index in [9.17, 15) is 19.2 Å². The topological polar surface area (TPSA) is 132 Å². The van der Waals surface area contributed by atoms with Crippen LogP contribution in [0.1, 0.15) is 19.3 Å². The minimum absolute atomic E-state index is 0.00203. The van der Waals surface area contributed by atoms with Gasteiger partial charge >= 0.3 is 11.9 Å². The minimum Gasteiger partial charge on any atom is -0.490 e. The van der Waals surface area contributed by atoms with Gasteiger partial charge in [0.1, 0.15) is 31.6 Å². The Hall–Kier alpha value is -3.25. The number of amides is 2. The highest BCUT2D eigenvalue weighted by molar-refractivity contribution is 7.80. The molecule has 1 unspecified atom stereocenters. The number of ether oxygens (including phenoxy) is 4. The zero-order chi connectivity index (χ0) is 24.8. The number of hydrogen-bond acceptors (Lipinski definition) is 9. The molecule has 11 nitrogen and oxygen atoms in total. The Bertz CT molecular complexity index is 852. The molecule has 1 aromatic carbocycles. The second-order valence-corrected chi connectivity index (χ2v) is 7.54. The lowest BCUT2D eigenvalue weighted by atomic mass is 10.1. The van der Waals surface area contributed by atoms with Gasteiger partial charge < -0.3 is 34.5 Å². The fourth-order valence-corrected chi connectivity index (χ4v) is 3.32. The Morgan fingerprint density at radius 1 is 1.06 bits per heavy atom. The van der Waals surface area contributed by atoms with Gasteiger partial charge in [-0.3, -0.25) is 19.2 Å². The van der Waals surface area contributed by atoms with Gasteiger partial charge in [0.2, 0.25) is 11.8 Å². The summed E-state index contributed by atoms with van der Waals surface area (Å²) in [7, 11) is 1.48. The number of carbonyl (C=O) groups excluding carboxylic acids is 4. The number of carbonyl (C=O) groups is 4. The minimum atomic E-state index is -0.928. The molecule has 1 aliphatic heterocycles. The number of piperazine rings is 1. The van der Waals surface area contributed by atoms with E-state index in [-0.39, 0.29) is 50.8 Å². The highest BCUT2D eigenvalue weighted by Gasteiger charge is 2.34. The van der Waals surface area contributed by atoms with E-state index in [2.05, 4.69) is 10.6 Å². The molecular weight excluding hydrogens is 466 g/mol. The van der Waals surface area contributed by atoms with E-state index in [4.69, 9.17) is 31.2 Å². The zero-order valence-corrected chi connectivity index (χ0v) is 19.8. The van der Waals surface area contributed by atoms with Crippen molar-refractivity contribution in [1.82, 2.24) is 15.5 Å². The second-order valence-electron chi connectivity index (χ2n) is 7.15. The number of esters is 2. The van der Waals surface area contributed by atoms with Crippen LogP contribution in [-0.2, 0) is 33.4 Å². The van der Waals surface area contributed by atoms with Crippen molar-refractivity contribution in [2.45, 2.75) is 25.3 Å². The average molecular weight is 496 g/mol. The third kappa shape index (κ3) is 9.71. The van der Waals surface area contributed by atoms with E-state index in [0.29, 0.717) is 18.8 Å². The first-order valence-electron chi connectivity index (χ1n) is 10.8. The summed E-state index contributed by atoms with van der Waals surface area (Å²) >= 11 is 5.27.